The summed E-state index contributed by atoms with van der Waals surface area (Å²) in [7, 11) is 0. The molecule has 2 atom stereocenters. The van der Waals surface area contributed by atoms with E-state index < -0.39 is 13.0 Å². The molecule has 0 saturated heterocycles. The monoisotopic (exact) mass is 219 g/mol. The molecule has 0 aromatic carbocycles. The number of nitrogens with zero attached hydrogens (tertiary/aromatic N) is 1. The Morgan fingerprint density at radius 2 is 2.07 bits per heavy atom. The van der Waals surface area contributed by atoms with Crippen molar-refractivity contribution >= 4 is 0 Å². The molecular formula is C11H19F2NO. The van der Waals surface area contributed by atoms with Crippen molar-refractivity contribution in [3.63, 3.8) is 0 Å². The van der Waals surface area contributed by atoms with Crippen molar-refractivity contribution in [2.24, 2.45) is 11.8 Å². The molecule has 0 aliphatic carbocycles. The average Bonchev–Trinajstić information content (AvgIpc) is 2.21. The van der Waals surface area contributed by atoms with Gasteiger partial charge in [-0.3, -0.25) is 0 Å². The number of nitriles is 1. The fourth-order valence-corrected chi connectivity index (χ4v) is 1.45. The molecule has 0 N–H and O–H groups in total. The van der Waals surface area contributed by atoms with Crippen LogP contribution in [0.2, 0.25) is 0 Å². The average molecular weight is 219 g/mol. The third kappa shape index (κ3) is 7.26. The summed E-state index contributed by atoms with van der Waals surface area (Å²) in [6.07, 6.45) is -0.230. The SMILES string of the molecule is CC[C@@H](C)[C@H](CC#N)CCOCC(F)F. The zero-order chi connectivity index (χ0) is 11.7. The van der Waals surface area contributed by atoms with E-state index in [-0.39, 0.29) is 5.92 Å². The maximum absolute atomic E-state index is 11.8. The van der Waals surface area contributed by atoms with E-state index >= 15 is 0 Å². The molecule has 0 unspecified atom stereocenters. The van der Waals surface area contributed by atoms with Gasteiger partial charge in [-0.25, -0.2) is 8.78 Å². The van der Waals surface area contributed by atoms with Crippen LogP contribution in [0.25, 0.3) is 0 Å². The summed E-state index contributed by atoms with van der Waals surface area (Å²) < 4.78 is 28.3. The maximum atomic E-state index is 11.8. The standard InChI is InChI=1S/C11H19F2NO/c1-3-9(2)10(4-6-14)5-7-15-8-11(12)13/h9-11H,3-5,7-8H2,1-2H3/t9-,10-/m1/s1. The van der Waals surface area contributed by atoms with Gasteiger partial charge in [0.05, 0.1) is 6.07 Å². The third-order valence-electron chi connectivity index (χ3n) is 2.68. The van der Waals surface area contributed by atoms with Gasteiger partial charge in [0, 0.05) is 13.0 Å². The highest BCUT2D eigenvalue weighted by molar-refractivity contribution is 4.78. The summed E-state index contributed by atoms with van der Waals surface area (Å²) in [5.74, 6) is 0.706. The molecular weight excluding hydrogens is 200 g/mol. The highest BCUT2D eigenvalue weighted by Crippen LogP contribution is 2.22. The van der Waals surface area contributed by atoms with Crippen LogP contribution in [0.4, 0.5) is 8.78 Å². The van der Waals surface area contributed by atoms with Crippen molar-refractivity contribution in [3.8, 4) is 6.07 Å². The highest BCUT2D eigenvalue weighted by Gasteiger charge is 2.15. The molecule has 0 aromatic rings. The summed E-state index contributed by atoms with van der Waals surface area (Å²) in [5.41, 5.74) is 0. The zero-order valence-corrected chi connectivity index (χ0v) is 9.38. The van der Waals surface area contributed by atoms with Crippen LogP contribution < -0.4 is 0 Å². The topological polar surface area (TPSA) is 33.0 Å². The lowest BCUT2D eigenvalue weighted by molar-refractivity contribution is 0.0110. The molecule has 0 radical (unpaired) electrons. The Morgan fingerprint density at radius 3 is 2.53 bits per heavy atom. The lowest BCUT2D eigenvalue weighted by atomic mass is 9.87. The first-order valence-corrected chi connectivity index (χ1v) is 5.34. The predicted molar refractivity (Wildman–Crippen MR) is 54.6 cm³/mol. The van der Waals surface area contributed by atoms with Gasteiger partial charge in [0.25, 0.3) is 6.43 Å². The van der Waals surface area contributed by atoms with E-state index in [9.17, 15) is 8.78 Å². The number of ether oxygens (including phenoxy) is 1. The van der Waals surface area contributed by atoms with Gasteiger partial charge < -0.3 is 4.74 Å². The predicted octanol–water partition coefficient (Wildman–Crippen LogP) is 3.23. The van der Waals surface area contributed by atoms with Crippen LogP contribution in [0, 0.1) is 23.2 Å². The Kier molecular flexibility index (Phi) is 8.21. The van der Waals surface area contributed by atoms with Crippen LogP contribution in [0.3, 0.4) is 0 Å². The van der Waals surface area contributed by atoms with Crippen molar-refractivity contribution < 1.29 is 13.5 Å². The first-order chi connectivity index (χ1) is 7.11. The molecule has 0 heterocycles. The van der Waals surface area contributed by atoms with Crippen molar-refractivity contribution in [3.05, 3.63) is 0 Å². The molecule has 0 fully saturated rings. The molecule has 0 rings (SSSR count). The third-order valence-corrected chi connectivity index (χ3v) is 2.68. The van der Waals surface area contributed by atoms with Gasteiger partial charge >= 0.3 is 0 Å². The second kappa shape index (κ2) is 8.60. The quantitative estimate of drug-likeness (QED) is 0.587. The fraction of sp³-hybridized carbons (Fsp3) is 0.909. The molecule has 0 saturated carbocycles. The number of alkyl halides is 2. The minimum atomic E-state index is -2.40. The van der Waals surface area contributed by atoms with E-state index in [1.807, 2.05) is 0 Å². The van der Waals surface area contributed by atoms with E-state index in [0.29, 0.717) is 25.4 Å². The zero-order valence-electron chi connectivity index (χ0n) is 9.38. The second-order valence-corrected chi connectivity index (χ2v) is 3.76. The summed E-state index contributed by atoms with van der Waals surface area (Å²) in [6.45, 7) is 3.96. The van der Waals surface area contributed by atoms with Gasteiger partial charge in [-0.2, -0.15) is 5.26 Å². The van der Waals surface area contributed by atoms with E-state index in [1.165, 1.54) is 0 Å². The Bertz CT molecular complexity index is 192. The molecule has 0 aliphatic heterocycles. The van der Waals surface area contributed by atoms with E-state index in [1.54, 1.807) is 0 Å². The molecule has 4 heteroatoms. The number of hydrogen-bond acceptors (Lipinski definition) is 2. The van der Waals surface area contributed by atoms with Crippen LogP contribution in [-0.2, 0) is 4.74 Å². The van der Waals surface area contributed by atoms with Crippen molar-refractivity contribution in [1.82, 2.24) is 0 Å². The highest BCUT2D eigenvalue weighted by atomic mass is 19.3. The first-order valence-electron chi connectivity index (χ1n) is 5.34. The normalized spacial score (nSPS) is 14.9. The van der Waals surface area contributed by atoms with Gasteiger partial charge in [-0.1, -0.05) is 20.3 Å². The summed E-state index contributed by atoms with van der Waals surface area (Å²) >= 11 is 0. The molecule has 0 spiro atoms. The second-order valence-electron chi connectivity index (χ2n) is 3.76. The summed E-state index contributed by atoms with van der Waals surface area (Å²) in [4.78, 5) is 0. The van der Waals surface area contributed by atoms with E-state index in [2.05, 4.69) is 19.9 Å². The smallest absolute Gasteiger partial charge is 0.261 e. The van der Waals surface area contributed by atoms with Gasteiger partial charge in [-0.15, -0.1) is 0 Å². The van der Waals surface area contributed by atoms with Gasteiger partial charge in [0.2, 0.25) is 0 Å². The minimum absolute atomic E-state index is 0.262. The summed E-state index contributed by atoms with van der Waals surface area (Å²) in [5, 5.41) is 8.62. The van der Waals surface area contributed by atoms with Crippen LogP contribution in [0.1, 0.15) is 33.1 Å². The van der Waals surface area contributed by atoms with Crippen LogP contribution in [0.15, 0.2) is 0 Å². The van der Waals surface area contributed by atoms with Gasteiger partial charge in [-0.05, 0) is 18.3 Å². The fourth-order valence-electron chi connectivity index (χ4n) is 1.45. The van der Waals surface area contributed by atoms with Gasteiger partial charge in [0.1, 0.15) is 6.61 Å². The first kappa shape index (κ1) is 14.3. The van der Waals surface area contributed by atoms with Crippen molar-refractivity contribution in [2.45, 2.75) is 39.5 Å². The Hall–Kier alpha value is -0.690. The molecule has 15 heavy (non-hydrogen) atoms. The largest absolute Gasteiger partial charge is 0.376 e. The van der Waals surface area contributed by atoms with Crippen molar-refractivity contribution in [2.75, 3.05) is 13.2 Å². The minimum Gasteiger partial charge on any atom is -0.376 e. The van der Waals surface area contributed by atoms with E-state index in [4.69, 9.17) is 10.00 Å². The number of rotatable bonds is 8. The van der Waals surface area contributed by atoms with Crippen LogP contribution in [-0.4, -0.2) is 19.6 Å². The Balaban J connectivity index is 3.72. The lowest BCUT2D eigenvalue weighted by Crippen LogP contribution is -2.15. The number of halogens is 2. The lowest BCUT2D eigenvalue weighted by Gasteiger charge is -2.19. The maximum Gasteiger partial charge on any atom is 0.261 e. The molecule has 2 nitrogen and oxygen atoms in total. The Labute approximate surface area is 90.2 Å². The molecule has 0 aromatic heterocycles. The number of hydrogen-bond donors (Lipinski definition) is 0. The van der Waals surface area contributed by atoms with E-state index in [0.717, 1.165) is 6.42 Å². The molecule has 88 valence electrons. The van der Waals surface area contributed by atoms with Gasteiger partial charge in [0.15, 0.2) is 0 Å². The van der Waals surface area contributed by atoms with Crippen LogP contribution in [0.5, 0.6) is 0 Å². The Morgan fingerprint density at radius 1 is 1.40 bits per heavy atom. The molecule has 0 aliphatic rings. The summed E-state index contributed by atoms with van der Waals surface area (Å²) in [6, 6.07) is 2.13. The van der Waals surface area contributed by atoms with Crippen molar-refractivity contribution in [1.29, 1.82) is 5.26 Å². The van der Waals surface area contributed by atoms with Crippen LogP contribution >= 0.6 is 0 Å². The molecule has 0 bridgehead atoms. The molecule has 0 amide bonds.